The van der Waals surface area contributed by atoms with Crippen LogP contribution in [0, 0.1) is 0 Å². The van der Waals surface area contributed by atoms with Crippen molar-refractivity contribution in [3.63, 3.8) is 0 Å². The maximum absolute atomic E-state index is 9.08. The van der Waals surface area contributed by atoms with E-state index in [1.165, 1.54) is 0 Å². The molecule has 2 N–H and O–H groups in total. The monoisotopic (exact) mass is 243 g/mol. The Hall–Kier alpha value is -0.120. The molecule has 1 aliphatic rings. The summed E-state index contributed by atoms with van der Waals surface area (Å²) in [7, 11) is 0. The maximum atomic E-state index is 9.08. The molecular formula is C14H29NO2. The van der Waals surface area contributed by atoms with E-state index in [-0.39, 0.29) is 17.7 Å². The highest BCUT2D eigenvalue weighted by Gasteiger charge is 2.36. The van der Waals surface area contributed by atoms with E-state index in [2.05, 4.69) is 39.9 Å². The first-order chi connectivity index (χ1) is 7.78. The highest BCUT2D eigenvalue weighted by Crippen LogP contribution is 2.30. The Balaban J connectivity index is 2.28. The Kier molecular flexibility index (Phi) is 4.99. The minimum Gasteiger partial charge on any atom is -0.396 e. The van der Waals surface area contributed by atoms with Gasteiger partial charge in [-0.2, -0.15) is 0 Å². The van der Waals surface area contributed by atoms with E-state index in [4.69, 9.17) is 9.84 Å². The number of nitrogens with one attached hydrogen (secondary N) is 1. The molecule has 0 aromatic rings. The van der Waals surface area contributed by atoms with Gasteiger partial charge in [0.05, 0.1) is 11.7 Å². The fraction of sp³-hybridized carbons (Fsp3) is 1.00. The second-order valence-electron chi connectivity index (χ2n) is 6.55. The molecule has 1 saturated carbocycles. The van der Waals surface area contributed by atoms with E-state index in [1.54, 1.807) is 0 Å². The van der Waals surface area contributed by atoms with Gasteiger partial charge in [0.25, 0.3) is 0 Å². The molecule has 3 nitrogen and oxygen atoms in total. The molecule has 0 spiro atoms. The number of aliphatic hydroxyl groups excluding tert-OH is 1. The lowest BCUT2D eigenvalue weighted by atomic mass is 9.84. The van der Waals surface area contributed by atoms with Crippen molar-refractivity contribution < 1.29 is 9.84 Å². The van der Waals surface area contributed by atoms with Crippen LogP contribution in [0.4, 0.5) is 0 Å². The Morgan fingerprint density at radius 1 is 1.24 bits per heavy atom. The van der Waals surface area contributed by atoms with Crippen LogP contribution in [0.1, 0.15) is 60.3 Å². The van der Waals surface area contributed by atoms with Gasteiger partial charge in [-0.25, -0.2) is 0 Å². The van der Waals surface area contributed by atoms with E-state index in [0.29, 0.717) is 12.1 Å². The molecule has 1 unspecified atom stereocenters. The van der Waals surface area contributed by atoms with Crippen molar-refractivity contribution in [2.45, 2.75) is 83.6 Å². The van der Waals surface area contributed by atoms with E-state index in [9.17, 15) is 0 Å². The average Bonchev–Trinajstić information content (AvgIpc) is 2.13. The molecule has 102 valence electrons. The second-order valence-corrected chi connectivity index (χ2v) is 6.55. The third-order valence-electron chi connectivity index (χ3n) is 3.61. The molecule has 1 atom stereocenters. The van der Waals surface area contributed by atoms with Gasteiger partial charge in [0.2, 0.25) is 0 Å². The van der Waals surface area contributed by atoms with Gasteiger partial charge in [-0.1, -0.05) is 6.92 Å². The van der Waals surface area contributed by atoms with Gasteiger partial charge in [0.1, 0.15) is 0 Å². The molecule has 0 saturated heterocycles. The normalized spacial score (nSPS) is 28.6. The van der Waals surface area contributed by atoms with Crippen molar-refractivity contribution in [3.8, 4) is 0 Å². The molecule has 1 fully saturated rings. The van der Waals surface area contributed by atoms with Gasteiger partial charge >= 0.3 is 0 Å². The molecule has 0 heterocycles. The average molecular weight is 243 g/mol. The standard InChI is InChI=1S/C14H29NO2/c1-6-14(5,7-8-16)15-11-9-12(10-11)17-13(2,3)4/h11-12,15-16H,6-10H2,1-5H3. The second kappa shape index (κ2) is 5.68. The number of ether oxygens (including phenoxy) is 1. The Bertz CT molecular complexity index is 231. The van der Waals surface area contributed by atoms with E-state index in [1.807, 2.05) is 0 Å². The number of aliphatic hydroxyl groups is 1. The molecule has 3 heteroatoms. The quantitative estimate of drug-likeness (QED) is 0.753. The van der Waals surface area contributed by atoms with Crippen LogP contribution in [0.25, 0.3) is 0 Å². The van der Waals surface area contributed by atoms with E-state index < -0.39 is 0 Å². The zero-order chi connectivity index (χ0) is 13.1. The molecule has 1 rings (SSSR count). The summed E-state index contributed by atoms with van der Waals surface area (Å²) in [5.41, 5.74) is 0.0426. The number of rotatable bonds is 6. The lowest BCUT2D eigenvalue weighted by Crippen LogP contribution is -2.56. The van der Waals surface area contributed by atoms with Gasteiger partial charge in [-0.3, -0.25) is 0 Å². The molecule has 1 aliphatic carbocycles. The van der Waals surface area contributed by atoms with Crippen LogP contribution in [0.15, 0.2) is 0 Å². The summed E-state index contributed by atoms with van der Waals surface area (Å²) in [6, 6.07) is 0.554. The summed E-state index contributed by atoms with van der Waals surface area (Å²) in [6.45, 7) is 10.9. The van der Waals surface area contributed by atoms with Crippen molar-refractivity contribution in [1.29, 1.82) is 0 Å². The number of hydrogen-bond donors (Lipinski definition) is 2. The molecular weight excluding hydrogens is 214 g/mol. The van der Waals surface area contributed by atoms with Crippen LogP contribution in [-0.2, 0) is 4.74 Å². The minimum absolute atomic E-state index is 0.0329. The smallest absolute Gasteiger partial charge is 0.0612 e. The van der Waals surface area contributed by atoms with Gasteiger partial charge in [-0.05, 0) is 53.4 Å². The van der Waals surface area contributed by atoms with Crippen LogP contribution < -0.4 is 5.32 Å². The van der Waals surface area contributed by atoms with E-state index in [0.717, 1.165) is 25.7 Å². The third-order valence-corrected chi connectivity index (χ3v) is 3.61. The first kappa shape index (κ1) is 14.9. The molecule has 0 radical (unpaired) electrons. The van der Waals surface area contributed by atoms with Gasteiger partial charge in [0.15, 0.2) is 0 Å². The van der Waals surface area contributed by atoms with Crippen LogP contribution in [0.3, 0.4) is 0 Å². The van der Waals surface area contributed by atoms with Crippen LogP contribution >= 0.6 is 0 Å². The SMILES string of the molecule is CCC(C)(CCO)NC1CC(OC(C)(C)C)C1. The molecule has 0 aromatic carbocycles. The summed E-state index contributed by atoms with van der Waals surface area (Å²) < 4.78 is 5.92. The maximum Gasteiger partial charge on any atom is 0.0612 e. The number of hydrogen-bond acceptors (Lipinski definition) is 3. The molecule has 0 bridgehead atoms. The van der Waals surface area contributed by atoms with Crippen molar-refractivity contribution in [2.75, 3.05) is 6.61 Å². The molecule has 0 aliphatic heterocycles. The zero-order valence-corrected chi connectivity index (χ0v) is 12.0. The summed E-state index contributed by atoms with van der Waals surface area (Å²) in [5, 5.41) is 12.7. The fourth-order valence-corrected chi connectivity index (χ4v) is 2.37. The fourth-order valence-electron chi connectivity index (χ4n) is 2.37. The van der Waals surface area contributed by atoms with Crippen LogP contribution in [0.2, 0.25) is 0 Å². The molecule has 0 aromatic heterocycles. The lowest BCUT2D eigenvalue weighted by molar-refractivity contribution is -0.105. The minimum atomic E-state index is -0.0329. The molecule has 17 heavy (non-hydrogen) atoms. The summed E-state index contributed by atoms with van der Waals surface area (Å²) in [6.07, 6.45) is 4.47. The largest absolute Gasteiger partial charge is 0.396 e. The van der Waals surface area contributed by atoms with Crippen molar-refractivity contribution in [2.24, 2.45) is 0 Å². The Morgan fingerprint density at radius 3 is 2.24 bits per heavy atom. The topological polar surface area (TPSA) is 41.5 Å². The van der Waals surface area contributed by atoms with Crippen molar-refractivity contribution >= 4 is 0 Å². The summed E-state index contributed by atoms with van der Waals surface area (Å²) in [5.74, 6) is 0. The first-order valence-electron chi connectivity index (χ1n) is 6.84. The zero-order valence-electron chi connectivity index (χ0n) is 12.0. The Labute approximate surface area is 106 Å². The van der Waals surface area contributed by atoms with Crippen LogP contribution in [-0.4, -0.2) is 35.0 Å². The third kappa shape index (κ3) is 4.94. The highest BCUT2D eigenvalue weighted by molar-refractivity contribution is 4.93. The van der Waals surface area contributed by atoms with Gasteiger partial charge in [0, 0.05) is 18.2 Å². The summed E-state index contributed by atoms with van der Waals surface area (Å²) in [4.78, 5) is 0. The summed E-state index contributed by atoms with van der Waals surface area (Å²) >= 11 is 0. The van der Waals surface area contributed by atoms with Crippen molar-refractivity contribution in [3.05, 3.63) is 0 Å². The predicted molar refractivity (Wildman–Crippen MR) is 71.2 cm³/mol. The molecule has 0 amide bonds. The lowest BCUT2D eigenvalue weighted by Gasteiger charge is -2.44. The predicted octanol–water partition coefficient (Wildman–Crippen LogP) is 2.47. The first-order valence-corrected chi connectivity index (χ1v) is 6.84. The van der Waals surface area contributed by atoms with Crippen molar-refractivity contribution in [1.82, 2.24) is 5.32 Å². The van der Waals surface area contributed by atoms with Gasteiger partial charge < -0.3 is 15.2 Å². The van der Waals surface area contributed by atoms with Gasteiger partial charge in [-0.15, -0.1) is 0 Å². The highest BCUT2D eigenvalue weighted by atomic mass is 16.5. The van der Waals surface area contributed by atoms with E-state index >= 15 is 0 Å². The van der Waals surface area contributed by atoms with Crippen LogP contribution in [0.5, 0.6) is 0 Å². The Morgan fingerprint density at radius 2 is 1.82 bits per heavy atom.